The molecule has 196 valence electrons. The van der Waals surface area contributed by atoms with E-state index in [1.807, 2.05) is 0 Å². The van der Waals surface area contributed by atoms with Gasteiger partial charge in [0.1, 0.15) is 17.5 Å². The minimum atomic E-state index is -1.61. The Kier molecular flexibility index (Phi) is 9.59. The summed E-state index contributed by atoms with van der Waals surface area (Å²) in [5, 5.41) is 25.3. The van der Waals surface area contributed by atoms with E-state index in [2.05, 4.69) is 10.6 Å². The van der Waals surface area contributed by atoms with Crippen molar-refractivity contribution < 1.29 is 68.5 Å². The number of β-lactam (4-membered cyclic amide) rings is 1. The van der Waals surface area contributed by atoms with Crippen molar-refractivity contribution in [2.24, 2.45) is 0 Å². The van der Waals surface area contributed by atoms with Crippen molar-refractivity contribution in [1.29, 1.82) is 0 Å². The molecule has 13 nitrogen and oxygen atoms in total. The van der Waals surface area contributed by atoms with Crippen LogP contribution in [0.2, 0.25) is 0 Å². The van der Waals surface area contributed by atoms with Crippen LogP contribution in [-0.2, 0) is 24.0 Å². The standard InChI is InChI=1S/C23H25N5O8S.Na/c1-2-26-8-9-27(20(33)19(26)32)23(36)25-14(12-6-4-3-5-7-12)17(30)24-15-18(31)28-16(22(34)35)13(10-29)11-37-21(15)28;/h3-7,14-15,21,29H,2,8-11H2,1H3,(H,24,30)(H,25,36)(H,34,35);/q;+1/p-1/t14?,15-,21+;/m1./s1. The molecule has 38 heavy (non-hydrogen) atoms. The van der Waals surface area contributed by atoms with Gasteiger partial charge in [-0.3, -0.25) is 29.0 Å². The van der Waals surface area contributed by atoms with E-state index in [9.17, 15) is 39.0 Å². The van der Waals surface area contributed by atoms with Gasteiger partial charge in [0.25, 0.3) is 5.91 Å². The van der Waals surface area contributed by atoms with Gasteiger partial charge in [-0.15, -0.1) is 11.8 Å². The van der Waals surface area contributed by atoms with Crippen LogP contribution in [0.4, 0.5) is 4.79 Å². The number of benzene rings is 1. The first kappa shape index (κ1) is 29.6. The molecule has 0 aliphatic carbocycles. The molecule has 3 aliphatic rings. The molecule has 1 aromatic rings. The molecule has 6 amide bonds. The Balaban J connectivity index is 0.00000400. The van der Waals surface area contributed by atoms with E-state index in [-0.39, 0.29) is 54.0 Å². The van der Waals surface area contributed by atoms with Gasteiger partial charge in [0.2, 0.25) is 5.91 Å². The first-order valence-electron chi connectivity index (χ1n) is 11.4. The van der Waals surface area contributed by atoms with Crippen LogP contribution >= 0.6 is 11.8 Å². The van der Waals surface area contributed by atoms with Crippen LogP contribution in [0.5, 0.6) is 0 Å². The van der Waals surface area contributed by atoms with Gasteiger partial charge in [0, 0.05) is 25.4 Å². The van der Waals surface area contributed by atoms with E-state index in [4.69, 9.17) is 0 Å². The van der Waals surface area contributed by atoms with E-state index >= 15 is 0 Å². The Morgan fingerprint density at radius 1 is 1.13 bits per heavy atom. The number of urea groups is 1. The van der Waals surface area contributed by atoms with Crippen LogP contribution in [0, 0.1) is 0 Å². The zero-order valence-corrected chi connectivity index (χ0v) is 23.5. The Hall–Kier alpha value is -2.91. The molecule has 0 spiro atoms. The summed E-state index contributed by atoms with van der Waals surface area (Å²) in [6.45, 7) is 1.58. The van der Waals surface area contributed by atoms with E-state index < -0.39 is 65.4 Å². The molecule has 4 rings (SSSR count). The Bertz CT molecular complexity index is 1200. The molecule has 0 aromatic heterocycles. The second-order valence-corrected chi connectivity index (χ2v) is 9.53. The number of nitrogens with one attached hydrogen (secondary N) is 2. The Labute approximate surface area is 243 Å². The van der Waals surface area contributed by atoms with Gasteiger partial charge >= 0.3 is 47.4 Å². The number of amides is 6. The first-order valence-corrected chi connectivity index (χ1v) is 12.5. The number of carbonyl (C=O) groups is 6. The van der Waals surface area contributed by atoms with Gasteiger partial charge in [-0.2, -0.15) is 0 Å². The fraction of sp³-hybridized carbons (Fsp3) is 0.391. The monoisotopic (exact) mass is 553 g/mol. The number of carboxylic acids is 1. The Morgan fingerprint density at radius 2 is 1.82 bits per heavy atom. The number of piperazine rings is 1. The summed E-state index contributed by atoms with van der Waals surface area (Å²) >= 11 is 1.17. The number of fused-ring (bicyclic) bond motifs is 1. The maximum atomic E-state index is 13.3. The molecule has 0 saturated carbocycles. The second kappa shape index (κ2) is 12.3. The Morgan fingerprint density at radius 3 is 2.42 bits per heavy atom. The van der Waals surface area contributed by atoms with Crippen LogP contribution in [0.3, 0.4) is 0 Å². The summed E-state index contributed by atoms with van der Waals surface area (Å²) in [5.41, 5.74) is 0.0809. The third kappa shape index (κ3) is 5.45. The van der Waals surface area contributed by atoms with E-state index in [1.54, 1.807) is 37.3 Å². The fourth-order valence-electron chi connectivity index (χ4n) is 4.35. The van der Waals surface area contributed by atoms with Gasteiger partial charge in [-0.05, 0) is 18.1 Å². The number of imide groups is 1. The molecule has 3 atom stereocenters. The summed E-state index contributed by atoms with van der Waals surface area (Å²) in [7, 11) is 0. The normalized spacial score (nSPS) is 21.7. The number of carboxylic acid groups (broad SMARTS) is 1. The van der Waals surface area contributed by atoms with Crippen LogP contribution in [-0.4, -0.2) is 98.8 Å². The second-order valence-electron chi connectivity index (χ2n) is 8.43. The summed E-state index contributed by atoms with van der Waals surface area (Å²) in [6.07, 6.45) is 0. The largest absolute Gasteiger partial charge is 1.00 e. The van der Waals surface area contributed by atoms with Gasteiger partial charge in [0.05, 0.1) is 18.3 Å². The average molecular weight is 554 g/mol. The number of aliphatic hydroxyl groups is 1. The molecule has 2 saturated heterocycles. The summed E-state index contributed by atoms with van der Waals surface area (Å²) in [4.78, 5) is 78.3. The minimum absolute atomic E-state index is 0. The van der Waals surface area contributed by atoms with Crippen molar-refractivity contribution in [2.45, 2.75) is 24.4 Å². The molecule has 15 heteroatoms. The van der Waals surface area contributed by atoms with E-state index in [0.29, 0.717) is 12.1 Å². The van der Waals surface area contributed by atoms with Crippen molar-refractivity contribution in [1.82, 2.24) is 25.3 Å². The molecule has 1 aromatic carbocycles. The SMILES string of the molecule is CCN1CCN(C(=O)NC(C(=O)N[C@@H]2C(=O)N3C(C(=O)[O-])=C(CO)CS[C@@H]23)c2ccccc2)C(=O)C1=O.[Na+]. The smallest absolute Gasteiger partial charge is 0.543 e. The molecular weight excluding hydrogens is 529 g/mol. The number of hydrogen-bond donors (Lipinski definition) is 3. The molecule has 2 fully saturated rings. The van der Waals surface area contributed by atoms with Crippen molar-refractivity contribution in [3.8, 4) is 0 Å². The van der Waals surface area contributed by atoms with Crippen molar-refractivity contribution in [3.63, 3.8) is 0 Å². The van der Waals surface area contributed by atoms with Gasteiger partial charge < -0.3 is 30.5 Å². The quantitative estimate of drug-likeness (QED) is 0.169. The third-order valence-electron chi connectivity index (χ3n) is 6.33. The zero-order valence-electron chi connectivity index (χ0n) is 20.7. The minimum Gasteiger partial charge on any atom is -0.543 e. The maximum absolute atomic E-state index is 13.3. The molecule has 1 unspecified atom stereocenters. The summed E-state index contributed by atoms with van der Waals surface area (Å²) in [6, 6.07) is 4.76. The molecule has 3 heterocycles. The maximum Gasteiger partial charge on any atom is 1.00 e. The van der Waals surface area contributed by atoms with Gasteiger partial charge in [0.15, 0.2) is 0 Å². The summed E-state index contributed by atoms with van der Waals surface area (Å²) < 4.78 is 0. The topological polar surface area (TPSA) is 179 Å². The number of thioether (sulfide) groups is 1. The summed E-state index contributed by atoms with van der Waals surface area (Å²) in [5.74, 6) is -4.79. The van der Waals surface area contributed by atoms with Crippen LogP contribution < -0.4 is 45.3 Å². The molecule has 0 bridgehead atoms. The van der Waals surface area contributed by atoms with Crippen molar-refractivity contribution >= 4 is 47.4 Å². The number of nitrogens with zero attached hydrogens (tertiary/aromatic N) is 3. The number of rotatable bonds is 7. The van der Waals surface area contributed by atoms with Crippen LogP contribution in [0.15, 0.2) is 41.6 Å². The molecule has 3 N–H and O–H groups in total. The number of aliphatic carboxylic acids is 1. The number of likely N-dealkylation sites (N-methyl/N-ethyl adjacent to an activating group) is 1. The van der Waals surface area contributed by atoms with Crippen LogP contribution in [0.25, 0.3) is 0 Å². The average Bonchev–Trinajstić information content (AvgIpc) is 2.90. The zero-order chi connectivity index (χ0) is 26.9. The van der Waals surface area contributed by atoms with Crippen molar-refractivity contribution in [3.05, 3.63) is 47.2 Å². The van der Waals surface area contributed by atoms with Gasteiger partial charge in [-0.25, -0.2) is 4.79 Å². The van der Waals surface area contributed by atoms with E-state index in [0.717, 1.165) is 9.80 Å². The first-order chi connectivity index (χ1) is 17.7. The molecule has 0 radical (unpaired) electrons. The number of hydrogen-bond acceptors (Lipinski definition) is 9. The fourth-order valence-corrected chi connectivity index (χ4v) is 5.68. The third-order valence-corrected chi connectivity index (χ3v) is 7.67. The predicted molar refractivity (Wildman–Crippen MR) is 126 cm³/mol. The number of aliphatic hydroxyl groups excluding tert-OH is 1. The molecule has 3 aliphatic heterocycles. The van der Waals surface area contributed by atoms with Crippen molar-refractivity contribution in [2.75, 3.05) is 32.0 Å². The number of carbonyl (C=O) groups excluding carboxylic acids is 6. The predicted octanol–water partition coefficient (Wildman–Crippen LogP) is -5.47. The molecular formula is C23H24N5NaO8S. The van der Waals surface area contributed by atoms with Gasteiger partial charge in [-0.1, -0.05) is 30.3 Å². The van der Waals surface area contributed by atoms with E-state index in [1.165, 1.54) is 16.7 Å². The van der Waals surface area contributed by atoms with Crippen LogP contribution in [0.1, 0.15) is 18.5 Å².